The molecule has 0 atom stereocenters. The highest BCUT2D eigenvalue weighted by Gasteiger charge is 2.14. The topological polar surface area (TPSA) is 55.4 Å². The van der Waals surface area contributed by atoms with E-state index in [-0.39, 0.29) is 9.92 Å². The minimum absolute atomic E-state index is 0.105. The van der Waals surface area contributed by atoms with Crippen LogP contribution in [0.3, 0.4) is 0 Å². The van der Waals surface area contributed by atoms with Gasteiger partial charge >= 0.3 is 0 Å². The molecule has 0 bridgehead atoms. The monoisotopic (exact) mass is 311 g/mol. The molecule has 1 aromatic rings. The second-order valence-electron chi connectivity index (χ2n) is 3.52. The van der Waals surface area contributed by atoms with E-state index in [4.69, 9.17) is 27.9 Å². The Morgan fingerprint density at radius 2 is 2.00 bits per heavy atom. The molecule has 0 saturated heterocycles. The summed E-state index contributed by atoms with van der Waals surface area (Å²) in [5, 5.41) is 0.542. The summed E-state index contributed by atoms with van der Waals surface area (Å²) in [6.07, 6.45) is 0.619. The van der Waals surface area contributed by atoms with Crippen LogP contribution in [0.2, 0.25) is 10.0 Å². The molecular weight excluding hydrogens is 297 g/mol. The maximum atomic E-state index is 11.9. The smallest absolute Gasteiger partial charge is 0.240 e. The summed E-state index contributed by atoms with van der Waals surface area (Å²) >= 11 is 11.5. The van der Waals surface area contributed by atoms with Gasteiger partial charge in [-0.2, -0.15) is 0 Å². The number of hydrogen-bond donors (Lipinski definition) is 1. The lowest BCUT2D eigenvalue weighted by Crippen LogP contribution is -2.25. The number of benzene rings is 1. The predicted octanol–water partition coefficient (Wildman–Crippen LogP) is 2.70. The van der Waals surface area contributed by atoms with Gasteiger partial charge in [-0.1, -0.05) is 23.2 Å². The second kappa shape index (κ2) is 7.31. The molecule has 0 aliphatic rings. The largest absolute Gasteiger partial charge is 0.382 e. The van der Waals surface area contributed by atoms with Gasteiger partial charge in [0.25, 0.3) is 0 Å². The average Bonchev–Trinajstić information content (AvgIpc) is 2.32. The summed E-state index contributed by atoms with van der Waals surface area (Å²) in [6, 6.07) is 4.20. The van der Waals surface area contributed by atoms with Gasteiger partial charge < -0.3 is 4.74 Å². The molecule has 1 rings (SSSR count). The third kappa shape index (κ3) is 4.74. The molecule has 0 spiro atoms. The van der Waals surface area contributed by atoms with E-state index in [0.717, 1.165) is 0 Å². The summed E-state index contributed by atoms with van der Waals surface area (Å²) < 4.78 is 31.3. The van der Waals surface area contributed by atoms with E-state index >= 15 is 0 Å². The van der Waals surface area contributed by atoms with Gasteiger partial charge in [0.2, 0.25) is 10.0 Å². The molecule has 4 nitrogen and oxygen atoms in total. The maximum absolute atomic E-state index is 11.9. The van der Waals surface area contributed by atoms with Crippen molar-refractivity contribution in [3.63, 3.8) is 0 Å². The molecule has 102 valence electrons. The molecule has 1 N–H and O–H groups in total. The van der Waals surface area contributed by atoms with Crippen molar-refractivity contribution in [2.45, 2.75) is 18.2 Å². The van der Waals surface area contributed by atoms with Crippen LogP contribution in [0.25, 0.3) is 0 Å². The maximum Gasteiger partial charge on any atom is 0.240 e. The number of sulfonamides is 1. The van der Waals surface area contributed by atoms with Gasteiger partial charge in [0.1, 0.15) is 0 Å². The van der Waals surface area contributed by atoms with Crippen LogP contribution in [0.15, 0.2) is 23.1 Å². The number of rotatable bonds is 7. The number of halogens is 2. The fourth-order valence-electron chi connectivity index (χ4n) is 1.25. The van der Waals surface area contributed by atoms with Crippen LogP contribution in [-0.2, 0) is 14.8 Å². The zero-order valence-electron chi connectivity index (χ0n) is 9.95. The van der Waals surface area contributed by atoms with Crippen LogP contribution < -0.4 is 4.72 Å². The first-order valence-electron chi connectivity index (χ1n) is 5.50. The fraction of sp³-hybridized carbons (Fsp3) is 0.455. The first-order valence-corrected chi connectivity index (χ1v) is 7.73. The van der Waals surface area contributed by atoms with Gasteiger partial charge in [0.05, 0.1) is 14.9 Å². The highest BCUT2D eigenvalue weighted by molar-refractivity contribution is 7.89. The van der Waals surface area contributed by atoms with Crippen molar-refractivity contribution in [1.29, 1.82) is 0 Å². The van der Waals surface area contributed by atoms with Crippen molar-refractivity contribution < 1.29 is 13.2 Å². The molecule has 1 aromatic carbocycles. The van der Waals surface area contributed by atoms with E-state index in [9.17, 15) is 8.42 Å². The lowest BCUT2D eigenvalue weighted by Gasteiger charge is -2.07. The Morgan fingerprint density at radius 3 is 2.61 bits per heavy atom. The summed E-state index contributed by atoms with van der Waals surface area (Å²) in [5.41, 5.74) is 0. The lowest BCUT2D eigenvalue weighted by atomic mass is 10.4. The van der Waals surface area contributed by atoms with Crippen molar-refractivity contribution in [2.75, 3.05) is 19.8 Å². The Balaban J connectivity index is 2.60. The van der Waals surface area contributed by atoms with Crippen molar-refractivity contribution in [1.82, 2.24) is 4.72 Å². The molecular formula is C11H15Cl2NO3S. The zero-order valence-corrected chi connectivity index (χ0v) is 12.3. The van der Waals surface area contributed by atoms with Gasteiger partial charge in [-0.15, -0.1) is 0 Å². The molecule has 0 aliphatic heterocycles. The van der Waals surface area contributed by atoms with Gasteiger partial charge in [0, 0.05) is 19.8 Å². The van der Waals surface area contributed by atoms with Gasteiger partial charge in [-0.25, -0.2) is 13.1 Å². The van der Waals surface area contributed by atoms with Gasteiger partial charge in [-0.05, 0) is 31.5 Å². The minimum Gasteiger partial charge on any atom is -0.382 e. The Hall–Kier alpha value is -0.330. The van der Waals surface area contributed by atoms with Crippen molar-refractivity contribution in [2.24, 2.45) is 0 Å². The summed E-state index contributed by atoms with van der Waals surface area (Å²) in [4.78, 5) is 0.105. The predicted molar refractivity (Wildman–Crippen MR) is 72.8 cm³/mol. The molecule has 0 saturated carbocycles. The summed E-state index contributed by atoms with van der Waals surface area (Å²) in [6.45, 7) is 3.36. The van der Waals surface area contributed by atoms with E-state index in [1.54, 1.807) is 0 Å². The molecule has 0 aromatic heterocycles. The van der Waals surface area contributed by atoms with Crippen LogP contribution in [0, 0.1) is 0 Å². The quantitative estimate of drug-likeness (QED) is 0.788. The van der Waals surface area contributed by atoms with Crippen molar-refractivity contribution in [3.8, 4) is 0 Å². The highest BCUT2D eigenvalue weighted by atomic mass is 35.5. The molecule has 0 radical (unpaired) electrons. The standard InChI is InChI=1S/C11H15Cl2NO3S/c1-2-17-7-3-6-14-18(15,16)9-4-5-10(12)11(13)8-9/h4-5,8,14H,2-3,6-7H2,1H3. The first kappa shape index (κ1) is 15.7. The molecule has 0 amide bonds. The Labute approximate surface area is 117 Å². The molecule has 0 aliphatic carbocycles. The second-order valence-corrected chi connectivity index (χ2v) is 6.11. The van der Waals surface area contributed by atoms with Crippen molar-refractivity contribution in [3.05, 3.63) is 28.2 Å². The third-order valence-electron chi connectivity index (χ3n) is 2.16. The normalized spacial score (nSPS) is 11.7. The van der Waals surface area contributed by atoms with Crippen molar-refractivity contribution >= 4 is 33.2 Å². The number of ether oxygens (including phenoxy) is 1. The zero-order chi connectivity index (χ0) is 13.6. The Kier molecular flexibility index (Phi) is 6.38. The summed E-state index contributed by atoms with van der Waals surface area (Å²) in [7, 11) is -3.54. The molecule has 0 fully saturated rings. The minimum atomic E-state index is -3.54. The van der Waals surface area contributed by atoms with E-state index in [0.29, 0.717) is 31.2 Å². The average molecular weight is 312 g/mol. The first-order chi connectivity index (χ1) is 8.47. The van der Waals surface area contributed by atoms with Crippen LogP contribution in [0.1, 0.15) is 13.3 Å². The molecule has 7 heteroatoms. The van der Waals surface area contributed by atoms with Crippen LogP contribution >= 0.6 is 23.2 Å². The molecule has 0 unspecified atom stereocenters. The molecule has 0 heterocycles. The Bertz CT molecular complexity index is 491. The van der Waals surface area contributed by atoms with E-state index in [2.05, 4.69) is 4.72 Å². The Morgan fingerprint density at radius 1 is 1.28 bits per heavy atom. The fourth-order valence-corrected chi connectivity index (χ4v) is 2.72. The van der Waals surface area contributed by atoms with Crippen LogP contribution in [0.5, 0.6) is 0 Å². The van der Waals surface area contributed by atoms with Gasteiger partial charge in [0.15, 0.2) is 0 Å². The van der Waals surface area contributed by atoms with E-state index in [1.165, 1.54) is 18.2 Å². The molecule has 18 heavy (non-hydrogen) atoms. The summed E-state index contributed by atoms with van der Waals surface area (Å²) in [5.74, 6) is 0. The van der Waals surface area contributed by atoms with Crippen LogP contribution in [-0.4, -0.2) is 28.2 Å². The lowest BCUT2D eigenvalue weighted by molar-refractivity contribution is 0.146. The number of nitrogens with one attached hydrogen (secondary N) is 1. The number of hydrogen-bond acceptors (Lipinski definition) is 3. The van der Waals surface area contributed by atoms with E-state index < -0.39 is 10.0 Å². The SMILES string of the molecule is CCOCCCNS(=O)(=O)c1ccc(Cl)c(Cl)c1. The van der Waals surface area contributed by atoms with Gasteiger partial charge in [-0.3, -0.25) is 0 Å². The third-order valence-corrected chi connectivity index (χ3v) is 4.36. The van der Waals surface area contributed by atoms with Crippen LogP contribution in [0.4, 0.5) is 0 Å². The highest BCUT2D eigenvalue weighted by Crippen LogP contribution is 2.24. The van der Waals surface area contributed by atoms with E-state index in [1.807, 2.05) is 6.92 Å².